The number of aryl methyl sites for hydroxylation is 1. The largest absolute Gasteiger partial charge is 0.439 e. The zero-order chi connectivity index (χ0) is 20.2. The van der Waals surface area contributed by atoms with E-state index in [1.54, 1.807) is 49.5 Å². The maximum Gasteiger partial charge on any atom is 0.257 e. The van der Waals surface area contributed by atoms with Gasteiger partial charge in [0.15, 0.2) is 5.82 Å². The van der Waals surface area contributed by atoms with Gasteiger partial charge in [-0.1, -0.05) is 27.2 Å². The Morgan fingerprint density at radius 2 is 1.93 bits per heavy atom. The van der Waals surface area contributed by atoms with Crippen molar-refractivity contribution in [3.8, 4) is 23.1 Å². The summed E-state index contributed by atoms with van der Waals surface area (Å²) in [6.45, 7) is 1.75. The van der Waals surface area contributed by atoms with E-state index >= 15 is 0 Å². The maximum atomic E-state index is 12.5. The standard InChI is InChI=1S/C21H15BrN4O3/c1-13-24-21(29-26-13)15-7-5-14(6-8-15)20(27)25-17-9-10-19(23-12-17)28-18-4-2-3-16(22)11-18/h2-12H,1H3,(H,25,27). The molecule has 29 heavy (non-hydrogen) atoms. The molecule has 0 bridgehead atoms. The van der Waals surface area contributed by atoms with Gasteiger partial charge in [-0.05, 0) is 55.5 Å². The van der Waals surface area contributed by atoms with Crippen LogP contribution in [0.25, 0.3) is 11.5 Å². The summed E-state index contributed by atoms with van der Waals surface area (Å²) in [5.74, 6) is 1.82. The molecule has 7 nitrogen and oxygen atoms in total. The van der Waals surface area contributed by atoms with E-state index in [0.717, 1.165) is 10.0 Å². The Balaban J connectivity index is 1.40. The molecule has 0 atom stereocenters. The van der Waals surface area contributed by atoms with Gasteiger partial charge in [-0.3, -0.25) is 4.79 Å². The molecule has 1 N–H and O–H groups in total. The third kappa shape index (κ3) is 4.67. The Bertz CT molecular complexity index is 1140. The molecule has 0 saturated heterocycles. The van der Waals surface area contributed by atoms with Crippen LogP contribution in [0, 0.1) is 6.92 Å². The molecule has 0 fully saturated rings. The molecule has 0 aliphatic rings. The first-order chi connectivity index (χ1) is 14.1. The Morgan fingerprint density at radius 3 is 2.59 bits per heavy atom. The van der Waals surface area contributed by atoms with E-state index < -0.39 is 0 Å². The minimum atomic E-state index is -0.249. The fraction of sp³-hybridized carbons (Fsp3) is 0.0476. The maximum absolute atomic E-state index is 12.5. The number of nitrogens with one attached hydrogen (secondary N) is 1. The number of rotatable bonds is 5. The highest BCUT2D eigenvalue weighted by Crippen LogP contribution is 2.24. The van der Waals surface area contributed by atoms with Crippen LogP contribution < -0.4 is 10.1 Å². The topological polar surface area (TPSA) is 90.1 Å². The Labute approximate surface area is 174 Å². The second kappa shape index (κ2) is 8.24. The van der Waals surface area contributed by atoms with Gasteiger partial charge in [-0.2, -0.15) is 4.98 Å². The molecule has 2 aromatic heterocycles. The van der Waals surface area contributed by atoms with Crippen LogP contribution in [0.4, 0.5) is 5.69 Å². The third-order valence-electron chi connectivity index (χ3n) is 3.93. The molecule has 0 aliphatic carbocycles. The number of benzene rings is 2. The van der Waals surface area contributed by atoms with Crippen LogP contribution in [-0.2, 0) is 0 Å². The SMILES string of the molecule is Cc1noc(-c2ccc(C(=O)Nc3ccc(Oc4cccc(Br)c4)nc3)cc2)n1. The van der Waals surface area contributed by atoms with Crippen molar-refractivity contribution < 1.29 is 14.1 Å². The second-order valence-electron chi connectivity index (χ2n) is 6.12. The fourth-order valence-electron chi connectivity index (χ4n) is 2.55. The first-order valence-corrected chi connectivity index (χ1v) is 9.48. The highest BCUT2D eigenvalue weighted by Gasteiger charge is 2.10. The van der Waals surface area contributed by atoms with Gasteiger partial charge in [0.05, 0.1) is 11.9 Å². The second-order valence-corrected chi connectivity index (χ2v) is 7.04. The first kappa shape index (κ1) is 18.8. The van der Waals surface area contributed by atoms with Gasteiger partial charge in [0, 0.05) is 21.7 Å². The normalized spacial score (nSPS) is 10.6. The highest BCUT2D eigenvalue weighted by molar-refractivity contribution is 9.10. The van der Waals surface area contributed by atoms with Gasteiger partial charge in [-0.25, -0.2) is 4.98 Å². The summed E-state index contributed by atoms with van der Waals surface area (Å²) in [5, 5.41) is 6.56. The lowest BCUT2D eigenvalue weighted by atomic mass is 10.1. The van der Waals surface area contributed by atoms with Crippen molar-refractivity contribution in [3.63, 3.8) is 0 Å². The third-order valence-corrected chi connectivity index (χ3v) is 4.43. The number of amides is 1. The van der Waals surface area contributed by atoms with E-state index in [2.05, 4.69) is 36.4 Å². The van der Waals surface area contributed by atoms with Gasteiger partial charge in [-0.15, -0.1) is 0 Å². The molecule has 0 aliphatic heterocycles. The number of pyridine rings is 1. The predicted octanol–water partition coefficient (Wildman–Crippen LogP) is 5.25. The molecule has 0 unspecified atom stereocenters. The molecule has 2 aromatic carbocycles. The zero-order valence-corrected chi connectivity index (χ0v) is 16.9. The summed E-state index contributed by atoms with van der Waals surface area (Å²) in [4.78, 5) is 20.8. The van der Waals surface area contributed by atoms with Crippen molar-refractivity contribution in [2.75, 3.05) is 5.32 Å². The van der Waals surface area contributed by atoms with E-state index in [1.807, 2.05) is 24.3 Å². The lowest BCUT2D eigenvalue weighted by Crippen LogP contribution is -2.11. The van der Waals surface area contributed by atoms with Crippen molar-refractivity contribution in [3.05, 3.63) is 82.7 Å². The van der Waals surface area contributed by atoms with Crippen molar-refractivity contribution >= 4 is 27.5 Å². The summed E-state index contributed by atoms with van der Waals surface area (Å²) in [6.07, 6.45) is 1.54. The number of carbonyl (C=O) groups excluding carboxylic acids is 1. The summed E-state index contributed by atoms with van der Waals surface area (Å²) < 4.78 is 11.7. The monoisotopic (exact) mass is 450 g/mol. The Hall–Kier alpha value is -3.52. The molecule has 8 heteroatoms. The Kier molecular flexibility index (Phi) is 5.35. The molecule has 4 aromatic rings. The number of aromatic nitrogens is 3. The van der Waals surface area contributed by atoms with Crippen molar-refractivity contribution in [1.29, 1.82) is 0 Å². The minimum absolute atomic E-state index is 0.249. The molecular formula is C21H15BrN4O3. The average molecular weight is 451 g/mol. The molecule has 0 spiro atoms. The zero-order valence-electron chi connectivity index (χ0n) is 15.3. The number of anilines is 1. The molecule has 4 rings (SSSR count). The molecule has 0 radical (unpaired) electrons. The van der Waals surface area contributed by atoms with Crippen LogP contribution >= 0.6 is 15.9 Å². The van der Waals surface area contributed by atoms with Crippen molar-refractivity contribution in [1.82, 2.24) is 15.1 Å². The van der Waals surface area contributed by atoms with Gasteiger partial charge >= 0.3 is 0 Å². The molecular weight excluding hydrogens is 436 g/mol. The first-order valence-electron chi connectivity index (χ1n) is 8.68. The predicted molar refractivity (Wildman–Crippen MR) is 111 cm³/mol. The van der Waals surface area contributed by atoms with E-state index in [0.29, 0.717) is 34.6 Å². The van der Waals surface area contributed by atoms with E-state index in [4.69, 9.17) is 9.26 Å². The molecule has 144 valence electrons. The van der Waals surface area contributed by atoms with E-state index in [-0.39, 0.29) is 5.91 Å². The van der Waals surface area contributed by atoms with Crippen LogP contribution in [0.15, 0.2) is 75.9 Å². The number of nitrogens with zero attached hydrogens (tertiary/aromatic N) is 3. The Morgan fingerprint density at radius 1 is 1.10 bits per heavy atom. The molecule has 2 heterocycles. The van der Waals surface area contributed by atoms with Crippen molar-refractivity contribution in [2.45, 2.75) is 6.92 Å². The summed E-state index contributed by atoms with van der Waals surface area (Å²) in [6, 6.07) is 17.8. The summed E-state index contributed by atoms with van der Waals surface area (Å²) >= 11 is 3.40. The smallest absolute Gasteiger partial charge is 0.257 e. The number of ether oxygens (including phenoxy) is 1. The van der Waals surface area contributed by atoms with Crippen molar-refractivity contribution in [2.24, 2.45) is 0 Å². The van der Waals surface area contributed by atoms with Gasteiger partial charge in [0.1, 0.15) is 5.75 Å². The van der Waals surface area contributed by atoms with Gasteiger partial charge in [0.25, 0.3) is 11.8 Å². The number of carbonyl (C=O) groups is 1. The quantitative estimate of drug-likeness (QED) is 0.446. The number of hydrogen-bond donors (Lipinski definition) is 1. The van der Waals surface area contributed by atoms with Crippen LogP contribution in [0.2, 0.25) is 0 Å². The fourth-order valence-corrected chi connectivity index (χ4v) is 2.93. The summed E-state index contributed by atoms with van der Waals surface area (Å²) in [7, 11) is 0. The lowest BCUT2D eigenvalue weighted by Gasteiger charge is -2.08. The van der Waals surface area contributed by atoms with E-state index in [9.17, 15) is 4.79 Å². The minimum Gasteiger partial charge on any atom is -0.439 e. The van der Waals surface area contributed by atoms with E-state index in [1.165, 1.54) is 0 Å². The summed E-state index contributed by atoms with van der Waals surface area (Å²) in [5.41, 5.74) is 1.81. The number of hydrogen-bond acceptors (Lipinski definition) is 6. The number of halogens is 1. The molecule has 0 saturated carbocycles. The van der Waals surface area contributed by atoms with Crippen LogP contribution in [-0.4, -0.2) is 21.0 Å². The van der Waals surface area contributed by atoms with Gasteiger partial charge in [0.2, 0.25) is 5.88 Å². The van der Waals surface area contributed by atoms with Crippen LogP contribution in [0.1, 0.15) is 16.2 Å². The van der Waals surface area contributed by atoms with Crippen LogP contribution in [0.5, 0.6) is 11.6 Å². The van der Waals surface area contributed by atoms with Crippen LogP contribution in [0.3, 0.4) is 0 Å². The molecule has 1 amide bonds. The average Bonchev–Trinajstić information content (AvgIpc) is 3.16. The lowest BCUT2D eigenvalue weighted by molar-refractivity contribution is 0.102. The highest BCUT2D eigenvalue weighted by atomic mass is 79.9. The van der Waals surface area contributed by atoms with Gasteiger partial charge < -0.3 is 14.6 Å².